The van der Waals surface area contributed by atoms with Crippen LogP contribution in [0.15, 0.2) is 42.5 Å². The van der Waals surface area contributed by atoms with E-state index in [4.69, 9.17) is 0 Å². The van der Waals surface area contributed by atoms with Gasteiger partial charge >= 0.3 is 0 Å². The molecule has 126 valence electrons. The van der Waals surface area contributed by atoms with Crippen molar-refractivity contribution in [2.45, 2.75) is 6.54 Å². The molecule has 0 atom stereocenters. The highest BCUT2D eigenvalue weighted by atomic mass is 19.1. The molecule has 1 aliphatic rings. The maximum absolute atomic E-state index is 13.9. The molecule has 0 amide bonds. The van der Waals surface area contributed by atoms with Gasteiger partial charge in [0, 0.05) is 44.4 Å². The van der Waals surface area contributed by atoms with Crippen LogP contribution in [0.2, 0.25) is 0 Å². The van der Waals surface area contributed by atoms with Gasteiger partial charge in [0.25, 0.3) is 0 Å². The van der Waals surface area contributed by atoms with Gasteiger partial charge < -0.3 is 4.90 Å². The van der Waals surface area contributed by atoms with Crippen molar-refractivity contribution in [2.24, 2.45) is 0 Å². The van der Waals surface area contributed by atoms with E-state index in [1.165, 1.54) is 6.07 Å². The van der Waals surface area contributed by atoms with Gasteiger partial charge in [-0.05, 0) is 24.7 Å². The van der Waals surface area contributed by atoms with E-state index in [1.807, 2.05) is 12.1 Å². The standard InChI is InChI=1S/C19H20F2N2O/c1-22-8-10-23(11-9-22)13-14-4-2-3-5-16(14)19(24)17-7-6-15(20)12-18(17)21/h2-7,12H,8-11,13H2,1H3. The molecule has 0 radical (unpaired) electrons. The summed E-state index contributed by atoms with van der Waals surface area (Å²) in [5.74, 6) is -1.92. The third-order valence-corrected chi connectivity index (χ3v) is 4.43. The van der Waals surface area contributed by atoms with E-state index in [1.54, 1.807) is 12.1 Å². The van der Waals surface area contributed by atoms with Gasteiger partial charge in [0.15, 0.2) is 5.78 Å². The Morgan fingerprint density at radius 2 is 1.71 bits per heavy atom. The molecule has 2 aromatic carbocycles. The summed E-state index contributed by atoms with van der Waals surface area (Å²) in [6.45, 7) is 4.50. The molecular formula is C19H20F2N2O. The molecule has 0 bridgehead atoms. The van der Waals surface area contributed by atoms with Crippen LogP contribution in [0.5, 0.6) is 0 Å². The van der Waals surface area contributed by atoms with E-state index in [0.717, 1.165) is 43.9 Å². The predicted molar refractivity (Wildman–Crippen MR) is 89.0 cm³/mol. The third kappa shape index (κ3) is 3.68. The first-order chi connectivity index (χ1) is 11.5. The second-order valence-electron chi connectivity index (χ2n) is 6.19. The predicted octanol–water partition coefficient (Wildman–Crippen LogP) is 2.94. The van der Waals surface area contributed by atoms with E-state index < -0.39 is 17.4 Å². The Morgan fingerprint density at radius 1 is 1.00 bits per heavy atom. The summed E-state index contributed by atoms with van der Waals surface area (Å²) in [6.07, 6.45) is 0. The summed E-state index contributed by atoms with van der Waals surface area (Å²) in [7, 11) is 2.09. The van der Waals surface area contributed by atoms with Gasteiger partial charge in [0.05, 0.1) is 5.56 Å². The number of carbonyl (C=O) groups is 1. The first-order valence-corrected chi connectivity index (χ1v) is 8.03. The van der Waals surface area contributed by atoms with Crippen molar-refractivity contribution in [3.8, 4) is 0 Å². The second kappa shape index (κ2) is 7.20. The molecule has 0 aliphatic carbocycles. The Hall–Kier alpha value is -2.11. The minimum Gasteiger partial charge on any atom is -0.304 e. The fourth-order valence-electron chi connectivity index (χ4n) is 2.95. The van der Waals surface area contributed by atoms with Gasteiger partial charge in [-0.2, -0.15) is 0 Å². The van der Waals surface area contributed by atoms with Crippen molar-refractivity contribution in [3.63, 3.8) is 0 Å². The number of hydrogen-bond acceptors (Lipinski definition) is 3. The van der Waals surface area contributed by atoms with Gasteiger partial charge in [-0.3, -0.25) is 9.69 Å². The largest absolute Gasteiger partial charge is 0.304 e. The van der Waals surface area contributed by atoms with E-state index in [9.17, 15) is 13.6 Å². The van der Waals surface area contributed by atoms with Crippen molar-refractivity contribution in [1.29, 1.82) is 0 Å². The van der Waals surface area contributed by atoms with Gasteiger partial charge in [0.2, 0.25) is 0 Å². The van der Waals surface area contributed by atoms with Crippen LogP contribution in [0.4, 0.5) is 8.78 Å². The van der Waals surface area contributed by atoms with Crippen molar-refractivity contribution in [1.82, 2.24) is 9.80 Å². The van der Waals surface area contributed by atoms with Crippen LogP contribution in [0.3, 0.4) is 0 Å². The highest BCUT2D eigenvalue weighted by Crippen LogP contribution is 2.19. The Morgan fingerprint density at radius 3 is 2.42 bits per heavy atom. The molecule has 0 saturated carbocycles. The summed E-state index contributed by atoms with van der Waals surface area (Å²) in [4.78, 5) is 17.3. The third-order valence-electron chi connectivity index (χ3n) is 4.43. The number of halogens is 2. The lowest BCUT2D eigenvalue weighted by atomic mass is 9.97. The van der Waals surface area contributed by atoms with E-state index >= 15 is 0 Å². The van der Waals surface area contributed by atoms with Crippen LogP contribution in [0, 0.1) is 11.6 Å². The zero-order chi connectivity index (χ0) is 17.1. The highest BCUT2D eigenvalue weighted by molar-refractivity contribution is 6.10. The SMILES string of the molecule is CN1CCN(Cc2ccccc2C(=O)c2ccc(F)cc2F)CC1. The molecule has 0 N–H and O–H groups in total. The Kier molecular flexibility index (Phi) is 5.02. The molecule has 1 aliphatic heterocycles. The Labute approximate surface area is 140 Å². The Balaban J connectivity index is 1.84. The summed E-state index contributed by atoms with van der Waals surface area (Å²) in [5, 5.41) is 0. The lowest BCUT2D eigenvalue weighted by molar-refractivity contribution is 0.103. The number of hydrogen-bond donors (Lipinski definition) is 0. The van der Waals surface area contributed by atoms with Crippen molar-refractivity contribution in [3.05, 3.63) is 70.8 Å². The van der Waals surface area contributed by atoms with Crippen LogP contribution in [0.1, 0.15) is 21.5 Å². The zero-order valence-corrected chi connectivity index (χ0v) is 13.6. The molecule has 24 heavy (non-hydrogen) atoms. The molecule has 3 nitrogen and oxygen atoms in total. The summed E-state index contributed by atoms with van der Waals surface area (Å²) in [6, 6.07) is 10.3. The van der Waals surface area contributed by atoms with Crippen molar-refractivity contribution < 1.29 is 13.6 Å². The highest BCUT2D eigenvalue weighted by Gasteiger charge is 2.20. The fraction of sp³-hybridized carbons (Fsp3) is 0.316. The van der Waals surface area contributed by atoms with Crippen LogP contribution in [-0.2, 0) is 6.54 Å². The molecule has 0 aromatic heterocycles. The van der Waals surface area contributed by atoms with E-state index in [0.29, 0.717) is 12.1 Å². The summed E-state index contributed by atoms with van der Waals surface area (Å²) >= 11 is 0. The number of ketones is 1. The van der Waals surface area contributed by atoms with Crippen molar-refractivity contribution >= 4 is 5.78 Å². The summed E-state index contributed by atoms with van der Waals surface area (Å²) in [5.41, 5.74) is 1.25. The van der Waals surface area contributed by atoms with Gasteiger partial charge in [-0.15, -0.1) is 0 Å². The Bertz CT molecular complexity index is 740. The maximum atomic E-state index is 13.9. The number of carbonyl (C=O) groups excluding carboxylic acids is 1. The monoisotopic (exact) mass is 330 g/mol. The second-order valence-corrected chi connectivity index (χ2v) is 6.19. The topological polar surface area (TPSA) is 23.6 Å². The van der Waals surface area contributed by atoms with Gasteiger partial charge in [-0.25, -0.2) is 8.78 Å². The van der Waals surface area contributed by atoms with Gasteiger partial charge in [0.1, 0.15) is 11.6 Å². The molecular weight excluding hydrogens is 310 g/mol. The van der Waals surface area contributed by atoms with Crippen LogP contribution < -0.4 is 0 Å². The number of likely N-dealkylation sites (N-methyl/N-ethyl adjacent to an activating group) is 1. The lowest BCUT2D eigenvalue weighted by Crippen LogP contribution is -2.44. The number of nitrogens with zero attached hydrogens (tertiary/aromatic N) is 2. The smallest absolute Gasteiger partial charge is 0.196 e. The number of benzene rings is 2. The van der Waals surface area contributed by atoms with Gasteiger partial charge in [-0.1, -0.05) is 24.3 Å². The molecule has 5 heteroatoms. The molecule has 3 rings (SSSR count). The molecule has 1 fully saturated rings. The molecule has 0 spiro atoms. The normalized spacial score (nSPS) is 16.3. The average Bonchev–Trinajstić information content (AvgIpc) is 2.57. The maximum Gasteiger partial charge on any atom is 0.196 e. The zero-order valence-electron chi connectivity index (χ0n) is 13.6. The molecule has 0 unspecified atom stereocenters. The van der Waals surface area contributed by atoms with Crippen molar-refractivity contribution in [2.75, 3.05) is 33.2 Å². The quantitative estimate of drug-likeness (QED) is 0.806. The minimum atomic E-state index is -0.825. The average molecular weight is 330 g/mol. The molecule has 1 heterocycles. The first kappa shape index (κ1) is 16.7. The fourth-order valence-corrected chi connectivity index (χ4v) is 2.95. The first-order valence-electron chi connectivity index (χ1n) is 8.03. The minimum absolute atomic E-state index is 0.0952. The van der Waals surface area contributed by atoms with E-state index in [2.05, 4.69) is 16.8 Å². The molecule has 1 saturated heterocycles. The number of rotatable bonds is 4. The lowest BCUT2D eigenvalue weighted by Gasteiger charge is -2.32. The number of piperazine rings is 1. The van der Waals surface area contributed by atoms with Crippen LogP contribution in [-0.4, -0.2) is 48.8 Å². The van der Waals surface area contributed by atoms with Crippen LogP contribution >= 0.6 is 0 Å². The van der Waals surface area contributed by atoms with Crippen LogP contribution in [0.25, 0.3) is 0 Å². The summed E-state index contributed by atoms with van der Waals surface area (Å²) < 4.78 is 27.0. The molecule has 2 aromatic rings. The van der Waals surface area contributed by atoms with E-state index in [-0.39, 0.29) is 5.56 Å².